The fourth-order valence-electron chi connectivity index (χ4n) is 2.74. The molecule has 0 unspecified atom stereocenters. The average Bonchev–Trinajstić information content (AvgIpc) is 2.47. The molecule has 2 heterocycles. The molecular formula is C17H30N4. The summed E-state index contributed by atoms with van der Waals surface area (Å²) in [4.78, 5) is 9.50. The van der Waals surface area contributed by atoms with Crippen molar-refractivity contribution in [3.63, 3.8) is 0 Å². The van der Waals surface area contributed by atoms with Gasteiger partial charge in [-0.25, -0.2) is 0 Å². The van der Waals surface area contributed by atoms with E-state index in [1.54, 1.807) is 0 Å². The van der Waals surface area contributed by atoms with Crippen molar-refractivity contribution in [1.29, 1.82) is 0 Å². The Morgan fingerprint density at radius 3 is 2.48 bits per heavy atom. The summed E-state index contributed by atoms with van der Waals surface area (Å²) in [5.41, 5.74) is 2.45. The van der Waals surface area contributed by atoms with Crippen LogP contribution in [0.2, 0.25) is 0 Å². The van der Waals surface area contributed by atoms with Gasteiger partial charge in [-0.15, -0.1) is 0 Å². The number of nitrogens with zero attached hydrogens (tertiary/aromatic N) is 3. The number of hydrogen-bond acceptors (Lipinski definition) is 4. The van der Waals surface area contributed by atoms with Crippen LogP contribution in [0.25, 0.3) is 0 Å². The standard InChI is InChI=1S/C17H30N4/c1-14(2)12-18-13-16-11-17(5-6-19-16)21-9-7-20(8-10-21)15(3)4/h5-6,11,14-15,18H,7-10,12-13H2,1-4H3. The number of pyridine rings is 1. The van der Waals surface area contributed by atoms with E-state index in [-0.39, 0.29) is 0 Å². The summed E-state index contributed by atoms with van der Waals surface area (Å²) in [6, 6.07) is 5.02. The Balaban J connectivity index is 1.89. The third-order valence-electron chi connectivity index (χ3n) is 4.07. The quantitative estimate of drug-likeness (QED) is 0.871. The van der Waals surface area contributed by atoms with E-state index in [0.29, 0.717) is 12.0 Å². The van der Waals surface area contributed by atoms with Crippen LogP contribution in [0.5, 0.6) is 0 Å². The van der Waals surface area contributed by atoms with E-state index in [1.807, 2.05) is 6.20 Å². The molecule has 1 aliphatic rings. The Labute approximate surface area is 129 Å². The fourth-order valence-corrected chi connectivity index (χ4v) is 2.74. The monoisotopic (exact) mass is 290 g/mol. The van der Waals surface area contributed by atoms with Crippen LogP contribution in [0.4, 0.5) is 5.69 Å². The number of nitrogens with one attached hydrogen (secondary N) is 1. The summed E-state index contributed by atoms with van der Waals surface area (Å²) in [5.74, 6) is 0.678. The van der Waals surface area contributed by atoms with Crippen molar-refractivity contribution in [3.05, 3.63) is 24.0 Å². The van der Waals surface area contributed by atoms with Crippen molar-refractivity contribution < 1.29 is 0 Å². The number of rotatable bonds is 6. The molecule has 4 nitrogen and oxygen atoms in total. The second-order valence-electron chi connectivity index (χ2n) is 6.65. The highest BCUT2D eigenvalue weighted by atomic mass is 15.3. The van der Waals surface area contributed by atoms with Crippen molar-refractivity contribution in [2.24, 2.45) is 5.92 Å². The van der Waals surface area contributed by atoms with Gasteiger partial charge in [0.2, 0.25) is 0 Å². The van der Waals surface area contributed by atoms with Gasteiger partial charge in [0.05, 0.1) is 5.69 Å². The van der Waals surface area contributed by atoms with Crippen molar-refractivity contribution in [2.45, 2.75) is 40.3 Å². The Bertz CT molecular complexity index is 423. The van der Waals surface area contributed by atoms with Gasteiger partial charge in [0.1, 0.15) is 0 Å². The van der Waals surface area contributed by atoms with Gasteiger partial charge in [-0.05, 0) is 38.4 Å². The van der Waals surface area contributed by atoms with Crippen LogP contribution in [0.3, 0.4) is 0 Å². The maximum Gasteiger partial charge on any atom is 0.0562 e. The first-order valence-corrected chi connectivity index (χ1v) is 8.21. The van der Waals surface area contributed by atoms with Gasteiger partial charge < -0.3 is 10.2 Å². The minimum absolute atomic E-state index is 0.653. The fraction of sp³-hybridized carbons (Fsp3) is 0.706. The Kier molecular flexibility index (Phi) is 6.00. The molecular weight excluding hydrogens is 260 g/mol. The molecule has 0 atom stereocenters. The van der Waals surface area contributed by atoms with Gasteiger partial charge in [0.25, 0.3) is 0 Å². The highest BCUT2D eigenvalue weighted by Gasteiger charge is 2.19. The van der Waals surface area contributed by atoms with Crippen LogP contribution in [0.15, 0.2) is 18.3 Å². The van der Waals surface area contributed by atoms with E-state index >= 15 is 0 Å². The van der Waals surface area contributed by atoms with Crippen LogP contribution in [-0.4, -0.2) is 48.6 Å². The van der Waals surface area contributed by atoms with Gasteiger partial charge in [-0.2, -0.15) is 0 Å². The lowest BCUT2D eigenvalue weighted by atomic mass is 10.2. The van der Waals surface area contributed by atoms with Crippen LogP contribution in [-0.2, 0) is 6.54 Å². The minimum atomic E-state index is 0.653. The lowest BCUT2D eigenvalue weighted by Crippen LogP contribution is -2.48. The smallest absolute Gasteiger partial charge is 0.0562 e. The van der Waals surface area contributed by atoms with Crippen molar-refractivity contribution in [1.82, 2.24) is 15.2 Å². The molecule has 1 N–H and O–H groups in total. The highest BCUT2D eigenvalue weighted by Crippen LogP contribution is 2.17. The summed E-state index contributed by atoms with van der Waals surface area (Å²) < 4.78 is 0. The molecule has 1 aromatic rings. The van der Waals surface area contributed by atoms with E-state index in [2.05, 4.69) is 59.9 Å². The third-order valence-corrected chi connectivity index (χ3v) is 4.07. The molecule has 21 heavy (non-hydrogen) atoms. The van der Waals surface area contributed by atoms with Crippen LogP contribution >= 0.6 is 0 Å². The number of anilines is 1. The maximum atomic E-state index is 4.47. The Morgan fingerprint density at radius 1 is 1.14 bits per heavy atom. The first-order chi connectivity index (χ1) is 10.1. The number of aromatic nitrogens is 1. The van der Waals surface area contributed by atoms with Gasteiger partial charge in [0, 0.05) is 50.6 Å². The lowest BCUT2D eigenvalue weighted by molar-refractivity contribution is 0.209. The molecule has 0 aromatic carbocycles. The normalized spacial score (nSPS) is 17.0. The van der Waals surface area contributed by atoms with Gasteiger partial charge in [0.15, 0.2) is 0 Å². The molecule has 0 aliphatic carbocycles. The molecule has 0 radical (unpaired) electrons. The summed E-state index contributed by atoms with van der Waals surface area (Å²) in [7, 11) is 0. The zero-order chi connectivity index (χ0) is 15.2. The van der Waals surface area contributed by atoms with Crippen molar-refractivity contribution >= 4 is 5.69 Å². The molecule has 1 fully saturated rings. The lowest BCUT2D eigenvalue weighted by Gasteiger charge is -2.38. The average molecular weight is 290 g/mol. The molecule has 0 bridgehead atoms. The Hall–Kier alpha value is -1.13. The van der Waals surface area contributed by atoms with Crippen molar-refractivity contribution in [2.75, 3.05) is 37.6 Å². The van der Waals surface area contributed by atoms with Crippen LogP contribution in [0, 0.1) is 5.92 Å². The second-order valence-corrected chi connectivity index (χ2v) is 6.65. The van der Waals surface area contributed by atoms with E-state index < -0.39 is 0 Å². The minimum Gasteiger partial charge on any atom is -0.369 e. The van der Waals surface area contributed by atoms with Crippen LogP contribution in [0.1, 0.15) is 33.4 Å². The topological polar surface area (TPSA) is 31.4 Å². The second kappa shape index (κ2) is 7.76. The number of hydrogen-bond donors (Lipinski definition) is 1. The highest BCUT2D eigenvalue weighted by molar-refractivity contribution is 5.47. The largest absolute Gasteiger partial charge is 0.369 e. The van der Waals surface area contributed by atoms with Crippen molar-refractivity contribution in [3.8, 4) is 0 Å². The van der Waals surface area contributed by atoms with E-state index in [0.717, 1.165) is 45.0 Å². The predicted molar refractivity (Wildman–Crippen MR) is 89.7 cm³/mol. The van der Waals surface area contributed by atoms with E-state index in [4.69, 9.17) is 0 Å². The van der Waals surface area contributed by atoms with Gasteiger partial charge in [-0.1, -0.05) is 13.8 Å². The van der Waals surface area contributed by atoms with Gasteiger partial charge in [-0.3, -0.25) is 9.88 Å². The molecule has 1 aliphatic heterocycles. The summed E-state index contributed by atoms with van der Waals surface area (Å²) in [5, 5.41) is 3.46. The van der Waals surface area contributed by atoms with E-state index in [1.165, 1.54) is 5.69 Å². The third kappa shape index (κ3) is 4.97. The zero-order valence-corrected chi connectivity index (χ0v) is 14.0. The zero-order valence-electron chi connectivity index (χ0n) is 14.0. The first kappa shape index (κ1) is 16.2. The van der Waals surface area contributed by atoms with Crippen LogP contribution < -0.4 is 10.2 Å². The maximum absolute atomic E-state index is 4.47. The van der Waals surface area contributed by atoms with Gasteiger partial charge >= 0.3 is 0 Å². The summed E-state index contributed by atoms with van der Waals surface area (Å²) in [6.45, 7) is 15.4. The predicted octanol–water partition coefficient (Wildman–Crippen LogP) is 2.36. The molecule has 1 saturated heterocycles. The van der Waals surface area contributed by atoms with E-state index in [9.17, 15) is 0 Å². The SMILES string of the molecule is CC(C)CNCc1cc(N2CCN(C(C)C)CC2)ccn1. The molecule has 0 saturated carbocycles. The number of piperazine rings is 1. The first-order valence-electron chi connectivity index (χ1n) is 8.21. The molecule has 0 amide bonds. The molecule has 4 heteroatoms. The molecule has 0 spiro atoms. The summed E-state index contributed by atoms with van der Waals surface area (Å²) >= 11 is 0. The summed E-state index contributed by atoms with van der Waals surface area (Å²) in [6.07, 6.45) is 1.94. The molecule has 2 rings (SSSR count). The molecule has 118 valence electrons. The molecule has 1 aromatic heterocycles. The Morgan fingerprint density at radius 2 is 1.86 bits per heavy atom.